The number of halogens is 1. The van der Waals surface area contributed by atoms with E-state index in [0.29, 0.717) is 18.0 Å². The predicted octanol–water partition coefficient (Wildman–Crippen LogP) is 2.23. The van der Waals surface area contributed by atoms with E-state index in [1.54, 1.807) is 9.36 Å². The van der Waals surface area contributed by atoms with Crippen molar-refractivity contribution >= 4 is 24.0 Å². The second kappa shape index (κ2) is 8.36. The van der Waals surface area contributed by atoms with Crippen LogP contribution >= 0.6 is 12.4 Å². The summed E-state index contributed by atoms with van der Waals surface area (Å²) < 4.78 is 3.35. The first-order valence-corrected chi connectivity index (χ1v) is 8.42. The van der Waals surface area contributed by atoms with Crippen molar-refractivity contribution in [1.82, 2.24) is 14.7 Å². The first kappa shape index (κ1) is 19.3. The molecule has 1 aliphatic heterocycles. The Balaban J connectivity index is 0.00000225. The third-order valence-corrected chi connectivity index (χ3v) is 4.75. The van der Waals surface area contributed by atoms with Crippen LogP contribution < -0.4 is 16.2 Å². The van der Waals surface area contributed by atoms with Gasteiger partial charge in [-0.3, -0.25) is 14.3 Å². The number of nitrogens with zero attached hydrogens (tertiary/aromatic N) is 2. The number of anilines is 1. The number of piperidine rings is 1. The van der Waals surface area contributed by atoms with E-state index in [0.717, 1.165) is 37.3 Å². The fourth-order valence-corrected chi connectivity index (χ4v) is 3.25. The molecule has 1 aromatic carbocycles. The summed E-state index contributed by atoms with van der Waals surface area (Å²) in [5, 5.41) is 6.14. The van der Waals surface area contributed by atoms with Gasteiger partial charge in [-0.2, -0.15) is 0 Å². The number of para-hydroxylation sites is 1. The van der Waals surface area contributed by atoms with E-state index in [1.807, 2.05) is 44.3 Å². The van der Waals surface area contributed by atoms with Crippen molar-refractivity contribution in [2.24, 2.45) is 13.0 Å². The predicted molar refractivity (Wildman–Crippen MR) is 102 cm³/mol. The SMILES string of the molecule is Cc1c(NC(=O)CC2CCNCC2)c(=O)n(-c2ccccc2)n1C.Cl. The van der Waals surface area contributed by atoms with E-state index >= 15 is 0 Å². The monoisotopic (exact) mass is 364 g/mol. The number of benzene rings is 1. The number of carbonyl (C=O) groups is 1. The van der Waals surface area contributed by atoms with Crippen LogP contribution in [0.3, 0.4) is 0 Å². The van der Waals surface area contributed by atoms with Crippen LogP contribution in [0.25, 0.3) is 5.69 Å². The molecule has 1 amide bonds. The lowest BCUT2D eigenvalue weighted by atomic mass is 9.94. The molecule has 0 spiro atoms. The largest absolute Gasteiger partial charge is 0.320 e. The molecule has 0 radical (unpaired) electrons. The first-order chi connectivity index (χ1) is 11.6. The van der Waals surface area contributed by atoms with Crippen molar-refractivity contribution < 1.29 is 4.79 Å². The molecule has 1 fully saturated rings. The molecule has 0 atom stereocenters. The summed E-state index contributed by atoms with van der Waals surface area (Å²) >= 11 is 0. The van der Waals surface area contributed by atoms with Gasteiger partial charge in [0.15, 0.2) is 0 Å². The highest BCUT2D eigenvalue weighted by Crippen LogP contribution is 2.18. The Bertz CT molecular complexity index is 776. The zero-order valence-electron chi connectivity index (χ0n) is 14.6. The Morgan fingerprint density at radius 3 is 2.52 bits per heavy atom. The van der Waals surface area contributed by atoms with Crippen LogP contribution in [0.5, 0.6) is 0 Å². The molecular weight excluding hydrogens is 340 g/mol. The number of rotatable bonds is 4. The molecule has 2 N–H and O–H groups in total. The summed E-state index contributed by atoms with van der Waals surface area (Å²) in [5.74, 6) is 0.319. The minimum Gasteiger partial charge on any atom is -0.320 e. The molecule has 7 heteroatoms. The van der Waals surface area contributed by atoms with Crippen molar-refractivity contribution in [3.05, 3.63) is 46.4 Å². The van der Waals surface area contributed by atoms with Crippen molar-refractivity contribution in [3.63, 3.8) is 0 Å². The molecule has 136 valence electrons. The highest BCUT2D eigenvalue weighted by Gasteiger charge is 2.21. The summed E-state index contributed by atoms with van der Waals surface area (Å²) in [7, 11) is 1.83. The Morgan fingerprint density at radius 1 is 1.24 bits per heavy atom. The molecule has 0 unspecified atom stereocenters. The normalized spacial score (nSPS) is 14.8. The summed E-state index contributed by atoms with van der Waals surface area (Å²) in [5.41, 5.74) is 1.72. The molecule has 3 rings (SSSR count). The maximum atomic E-state index is 12.8. The number of hydrogen-bond acceptors (Lipinski definition) is 3. The van der Waals surface area contributed by atoms with Gasteiger partial charge in [0, 0.05) is 13.5 Å². The molecule has 1 aliphatic rings. The molecule has 1 aromatic heterocycles. The smallest absolute Gasteiger partial charge is 0.295 e. The van der Waals surface area contributed by atoms with E-state index in [1.165, 1.54) is 0 Å². The quantitative estimate of drug-likeness (QED) is 0.874. The van der Waals surface area contributed by atoms with Gasteiger partial charge in [0.25, 0.3) is 5.56 Å². The zero-order chi connectivity index (χ0) is 17.1. The van der Waals surface area contributed by atoms with Gasteiger partial charge in [0.05, 0.1) is 11.4 Å². The highest BCUT2D eigenvalue weighted by atomic mass is 35.5. The Hall–Kier alpha value is -2.05. The van der Waals surface area contributed by atoms with Gasteiger partial charge in [-0.1, -0.05) is 18.2 Å². The number of amides is 1. The molecule has 2 aromatic rings. The first-order valence-electron chi connectivity index (χ1n) is 8.42. The van der Waals surface area contributed by atoms with E-state index in [2.05, 4.69) is 10.6 Å². The summed E-state index contributed by atoms with van der Waals surface area (Å²) in [6, 6.07) is 9.44. The highest BCUT2D eigenvalue weighted by molar-refractivity contribution is 5.91. The van der Waals surface area contributed by atoms with Crippen LogP contribution in [-0.4, -0.2) is 28.4 Å². The lowest BCUT2D eigenvalue weighted by Crippen LogP contribution is -2.30. The summed E-state index contributed by atoms with van der Waals surface area (Å²) in [6.07, 6.45) is 2.49. The summed E-state index contributed by atoms with van der Waals surface area (Å²) in [6.45, 7) is 3.77. The molecular formula is C18H25ClN4O2. The van der Waals surface area contributed by atoms with Gasteiger partial charge >= 0.3 is 0 Å². The average Bonchev–Trinajstić information content (AvgIpc) is 2.80. The second-order valence-electron chi connectivity index (χ2n) is 6.38. The van der Waals surface area contributed by atoms with E-state index in [-0.39, 0.29) is 23.9 Å². The van der Waals surface area contributed by atoms with Crippen LogP contribution in [0.1, 0.15) is 25.0 Å². The molecule has 6 nitrogen and oxygen atoms in total. The number of nitrogens with one attached hydrogen (secondary N) is 2. The van der Waals surface area contributed by atoms with Crippen LogP contribution in [0, 0.1) is 12.8 Å². The Morgan fingerprint density at radius 2 is 1.88 bits per heavy atom. The standard InChI is InChI=1S/C18H24N4O2.ClH/c1-13-17(20-16(23)12-14-8-10-19-11-9-14)18(24)22(21(13)2)15-6-4-3-5-7-15;/h3-7,14,19H,8-12H2,1-2H3,(H,20,23);1H. The van der Waals surface area contributed by atoms with Gasteiger partial charge in [0.2, 0.25) is 5.91 Å². The van der Waals surface area contributed by atoms with Crippen molar-refractivity contribution in [2.45, 2.75) is 26.2 Å². The number of carbonyl (C=O) groups excluding carboxylic acids is 1. The van der Waals surface area contributed by atoms with Gasteiger partial charge in [-0.15, -0.1) is 12.4 Å². The Kier molecular flexibility index (Phi) is 6.45. The van der Waals surface area contributed by atoms with Crippen molar-refractivity contribution in [1.29, 1.82) is 0 Å². The molecule has 2 heterocycles. The fourth-order valence-electron chi connectivity index (χ4n) is 3.25. The third kappa shape index (κ3) is 4.14. The fraction of sp³-hybridized carbons (Fsp3) is 0.444. The third-order valence-electron chi connectivity index (χ3n) is 4.75. The Labute approximate surface area is 153 Å². The zero-order valence-corrected chi connectivity index (χ0v) is 15.4. The van der Waals surface area contributed by atoms with Crippen molar-refractivity contribution in [2.75, 3.05) is 18.4 Å². The van der Waals surface area contributed by atoms with Gasteiger partial charge < -0.3 is 10.6 Å². The van der Waals surface area contributed by atoms with E-state index in [9.17, 15) is 9.59 Å². The minimum absolute atomic E-state index is 0. The minimum atomic E-state index is -0.195. The van der Waals surface area contributed by atoms with Gasteiger partial charge in [0.1, 0.15) is 5.69 Å². The van der Waals surface area contributed by atoms with E-state index < -0.39 is 0 Å². The van der Waals surface area contributed by atoms with Crippen LogP contribution in [0.2, 0.25) is 0 Å². The maximum absolute atomic E-state index is 12.8. The number of aromatic nitrogens is 2. The average molecular weight is 365 g/mol. The van der Waals surface area contributed by atoms with Gasteiger partial charge in [-0.25, -0.2) is 4.68 Å². The second-order valence-corrected chi connectivity index (χ2v) is 6.38. The maximum Gasteiger partial charge on any atom is 0.295 e. The topological polar surface area (TPSA) is 68.1 Å². The molecule has 0 saturated carbocycles. The van der Waals surface area contributed by atoms with E-state index in [4.69, 9.17) is 0 Å². The van der Waals surface area contributed by atoms with Crippen LogP contribution in [-0.2, 0) is 11.8 Å². The lowest BCUT2D eigenvalue weighted by Gasteiger charge is -2.21. The van der Waals surface area contributed by atoms with Crippen molar-refractivity contribution in [3.8, 4) is 5.69 Å². The molecule has 1 saturated heterocycles. The van der Waals surface area contributed by atoms with Crippen LogP contribution in [0.4, 0.5) is 5.69 Å². The molecule has 25 heavy (non-hydrogen) atoms. The van der Waals surface area contributed by atoms with Gasteiger partial charge in [-0.05, 0) is 50.9 Å². The summed E-state index contributed by atoms with van der Waals surface area (Å²) in [4.78, 5) is 25.1. The lowest BCUT2D eigenvalue weighted by molar-refractivity contribution is -0.117. The molecule has 0 bridgehead atoms. The van der Waals surface area contributed by atoms with Crippen LogP contribution in [0.15, 0.2) is 35.1 Å². The number of hydrogen-bond donors (Lipinski definition) is 2. The molecule has 0 aliphatic carbocycles.